The molecule has 2 fully saturated rings. The van der Waals surface area contributed by atoms with E-state index in [1.807, 2.05) is 0 Å². The van der Waals surface area contributed by atoms with E-state index in [2.05, 4.69) is 0 Å². The van der Waals surface area contributed by atoms with Gasteiger partial charge < -0.3 is 5.11 Å². The highest BCUT2D eigenvalue weighted by atomic mass is 16.3. The maximum absolute atomic E-state index is 12.6. The molecule has 0 bridgehead atoms. The van der Waals surface area contributed by atoms with Crippen LogP contribution in [-0.4, -0.2) is 23.3 Å². The zero-order chi connectivity index (χ0) is 15.3. The van der Waals surface area contributed by atoms with Crippen molar-refractivity contribution < 1.29 is 14.7 Å². The van der Waals surface area contributed by atoms with E-state index in [-0.39, 0.29) is 12.0 Å². The van der Waals surface area contributed by atoms with Gasteiger partial charge in [0.1, 0.15) is 11.6 Å². The Morgan fingerprint density at radius 3 is 2.73 bits per heavy atom. The Hall–Kier alpha value is -0.960. The summed E-state index contributed by atoms with van der Waals surface area (Å²) < 4.78 is 0. The summed E-state index contributed by atoms with van der Waals surface area (Å²) in [7, 11) is 0. The van der Waals surface area contributed by atoms with E-state index < -0.39 is 0 Å². The van der Waals surface area contributed by atoms with Crippen molar-refractivity contribution in [3.05, 3.63) is 11.1 Å². The van der Waals surface area contributed by atoms with Crippen LogP contribution in [0.1, 0.15) is 64.2 Å². The summed E-state index contributed by atoms with van der Waals surface area (Å²) in [5, 5.41) is 9.49. The second-order valence-corrected chi connectivity index (χ2v) is 7.89. The molecule has 0 saturated heterocycles. The van der Waals surface area contributed by atoms with Crippen molar-refractivity contribution >= 4 is 11.6 Å². The van der Waals surface area contributed by atoms with Gasteiger partial charge in [-0.05, 0) is 62.7 Å². The summed E-state index contributed by atoms with van der Waals surface area (Å²) in [6.45, 7) is 0.141. The Labute approximate surface area is 132 Å². The number of hydrogen-bond acceptors (Lipinski definition) is 3. The quantitative estimate of drug-likeness (QED) is 0.797. The monoisotopic (exact) mass is 302 g/mol. The van der Waals surface area contributed by atoms with Crippen LogP contribution in [0.2, 0.25) is 0 Å². The lowest BCUT2D eigenvalue weighted by Crippen LogP contribution is -2.46. The van der Waals surface area contributed by atoms with Gasteiger partial charge in [0.25, 0.3) is 0 Å². The molecule has 3 nitrogen and oxygen atoms in total. The van der Waals surface area contributed by atoms with Gasteiger partial charge in [-0.3, -0.25) is 9.59 Å². The molecule has 0 amide bonds. The molecule has 0 heterocycles. The summed E-state index contributed by atoms with van der Waals surface area (Å²) in [5.41, 5.74) is 2.82. The highest BCUT2D eigenvalue weighted by molar-refractivity contribution is 5.87. The van der Waals surface area contributed by atoms with Crippen LogP contribution in [0.4, 0.5) is 0 Å². The van der Waals surface area contributed by atoms with Gasteiger partial charge in [-0.1, -0.05) is 11.1 Å². The number of allylic oxidation sites excluding steroid dienone is 2. The Morgan fingerprint density at radius 2 is 1.91 bits per heavy atom. The Balaban J connectivity index is 1.65. The van der Waals surface area contributed by atoms with E-state index >= 15 is 0 Å². The van der Waals surface area contributed by atoms with Crippen molar-refractivity contribution in [2.24, 2.45) is 23.2 Å². The van der Waals surface area contributed by atoms with E-state index in [0.29, 0.717) is 42.2 Å². The molecule has 4 atom stereocenters. The number of rotatable bonds is 2. The van der Waals surface area contributed by atoms with Crippen LogP contribution in [0.3, 0.4) is 0 Å². The van der Waals surface area contributed by atoms with E-state index in [1.54, 1.807) is 5.57 Å². The van der Waals surface area contributed by atoms with Gasteiger partial charge >= 0.3 is 0 Å². The zero-order valence-corrected chi connectivity index (χ0v) is 13.3. The SMILES string of the molecule is O=C1CCC2=C(CCC3C2CC[C@]2(CCO)C(=O)CCC32)C1. The predicted octanol–water partition coefficient (Wildman–Crippen LogP) is 3.20. The zero-order valence-electron chi connectivity index (χ0n) is 13.3. The Bertz CT molecular complexity index is 547. The molecule has 4 aliphatic carbocycles. The first-order valence-corrected chi connectivity index (χ1v) is 9.02. The van der Waals surface area contributed by atoms with Crippen LogP contribution < -0.4 is 0 Å². The van der Waals surface area contributed by atoms with Crippen LogP contribution in [0.5, 0.6) is 0 Å². The molecule has 2 saturated carbocycles. The Morgan fingerprint density at radius 1 is 1.05 bits per heavy atom. The summed E-state index contributed by atoms with van der Waals surface area (Å²) in [5.74, 6) is 2.57. The average molecular weight is 302 g/mol. The van der Waals surface area contributed by atoms with Crippen LogP contribution >= 0.6 is 0 Å². The van der Waals surface area contributed by atoms with E-state index in [0.717, 1.165) is 51.4 Å². The maximum atomic E-state index is 12.6. The summed E-state index contributed by atoms with van der Waals surface area (Å²) in [6, 6.07) is 0. The van der Waals surface area contributed by atoms with Gasteiger partial charge in [0, 0.05) is 31.3 Å². The number of ketones is 2. The molecule has 0 spiro atoms. The van der Waals surface area contributed by atoms with Crippen LogP contribution in [0.25, 0.3) is 0 Å². The number of aliphatic hydroxyl groups is 1. The van der Waals surface area contributed by atoms with Crippen molar-refractivity contribution in [3.63, 3.8) is 0 Å². The minimum atomic E-state index is -0.210. The lowest BCUT2D eigenvalue weighted by molar-refractivity contribution is -0.132. The lowest BCUT2D eigenvalue weighted by atomic mass is 9.53. The maximum Gasteiger partial charge on any atom is 0.139 e. The molecule has 0 aromatic carbocycles. The molecule has 0 aromatic rings. The lowest BCUT2D eigenvalue weighted by Gasteiger charge is -2.51. The predicted molar refractivity (Wildman–Crippen MR) is 83.2 cm³/mol. The first-order chi connectivity index (χ1) is 10.7. The number of Topliss-reactive ketones (excluding diaryl/α,β-unsaturated/α-hetero) is 2. The van der Waals surface area contributed by atoms with Crippen molar-refractivity contribution in [1.29, 1.82) is 0 Å². The fraction of sp³-hybridized carbons (Fsp3) is 0.789. The van der Waals surface area contributed by atoms with Gasteiger partial charge in [-0.15, -0.1) is 0 Å². The summed E-state index contributed by atoms with van der Waals surface area (Å²) in [4.78, 5) is 24.3. The summed E-state index contributed by atoms with van der Waals surface area (Å²) >= 11 is 0. The van der Waals surface area contributed by atoms with Gasteiger partial charge in [0.2, 0.25) is 0 Å². The molecular weight excluding hydrogens is 276 g/mol. The highest BCUT2D eigenvalue weighted by Crippen LogP contribution is 2.61. The third-order valence-corrected chi connectivity index (χ3v) is 7.21. The summed E-state index contributed by atoms with van der Waals surface area (Å²) in [6.07, 6.45) is 9.11. The second-order valence-electron chi connectivity index (χ2n) is 7.89. The number of hydrogen-bond donors (Lipinski definition) is 1. The highest BCUT2D eigenvalue weighted by Gasteiger charge is 2.57. The average Bonchev–Trinajstić information content (AvgIpc) is 2.84. The fourth-order valence-electron chi connectivity index (χ4n) is 6.29. The smallest absolute Gasteiger partial charge is 0.139 e. The second kappa shape index (κ2) is 5.30. The molecule has 4 rings (SSSR count). The molecule has 3 unspecified atom stereocenters. The van der Waals surface area contributed by atoms with Gasteiger partial charge in [0.15, 0.2) is 0 Å². The van der Waals surface area contributed by atoms with E-state index in [1.165, 1.54) is 5.57 Å². The van der Waals surface area contributed by atoms with E-state index in [4.69, 9.17) is 0 Å². The van der Waals surface area contributed by atoms with Crippen molar-refractivity contribution in [1.82, 2.24) is 0 Å². The number of carbonyl (C=O) groups excluding carboxylic acids is 2. The molecule has 120 valence electrons. The Kier molecular flexibility index (Phi) is 3.52. The molecule has 22 heavy (non-hydrogen) atoms. The van der Waals surface area contributed by atoms with Crippen LogP contribution in [0, 0.1) is 23.2 Å². The minimum Gasteiger partial charge on any atom is -0.396 e. The molecule has 3 heteroatoms. The first kappa shape index (κ1) is 14.6. The third kappa shape index (κ3) is 1.97. The van der Waals surface area contributed by atoms with Gasteiger partial charge in [-0.25, -0.2) is 0 Å². The topological polar surface area (TPSA) is 54.4 Å². The van der Waals surface area contributed by atoms with Crippen molar-refractivity contribution in [2.45, 2.75) is 64.2 Å². The number of carbonyl (C=O) groups is 2. The normalized spacial score (nSPS) is 41.2. The van der Waals surface area contributed by atoms with Crippen LogP contribution in [-0.2, 0) is 9.59 Å². The fourth-order valence-corrected chi connectivity index (χ4v) is 6.29. The molecule has 1 N–H and O–H groups in total. The van der Waals surface area contributed by atoms with Crippen molar-refractivity contribution in [2.75, 3.05) is 6.61 Å². The van der Waals surface area contributed by atoms with Gasteiger partial charge in [0.05, 0.1) is 0 Å². The van der Waals surface area contributed by atoms with E-state index in [9.17, 15) is 14.7 Å². The molecule has 0 radical (unpaired) electrons. The molecule has 0 aromatic heterocycles. The van der Waals surface area contributed by atoms with Crippen molar-refractivity contribution in [3.8, 4) is 0 Å². The largest absolute Gasteiger partial charge is 0.396 e. The van der Waals surface area contributed by atoms with Crippen LogP contribution in [0.15, 0.2) is 11.1 Å². The number of aliphatic hydroxyl groups excluding tert-OH is 1. The standard InChI is InChI=1S/C19H26O3/c20-10-9-19-8-7-15-14-4-2-13(21)11-12(14)1-3-16(15)17(19)5-6-18(19)22/h15-17,20H,1-11H2/t15?,16?,17?,19-/m1/s1. The molecular formula is C19H26O3. The first-order valence-electron chi connectivity index (χ1n) is 9.02. The number of fused-ring (bicyclic) bond motifs is 4. The minimum absolute atomic E-state index is 0.141. The molecule has 4 aliphatic rings. The molecule has 0 aliphatic heterocycles. The third-order valence-electron chi connectivity index (χ3n) is 7.21. The van der Waals surface area contributed by atoms with Gasteiger partial charge in [-0.2, -0.15) is 0 Å².